The van der Waals surface area contributed by atoms with Crippen LogP contribution in [0.3, 0.4) is 0 Å². The van der Waals surface area contributed by atoms with Crippen LogP contribution in [0.2, 0.25) is 0 Å². The van der Waals surface area contributed by atoms with Crippen molar-refractivity contribution in [1.29, 1.82) is 0 Å². The number of nitrogens with zero attached hydrogens (tertiary/aromatic N) is 1. The number of anilines is 3. The molecule has 1 nitrogen and oxygen atoms in total. The molecule has 0 heterocycles. The Balaban J connectivity index is 1.22. The summed E-state index contributed by atoms with van der Waals surface area (Å²) in [5, 5.41) is 0. The molecule has 0 saturated heterocycles. The van der Waals surface area contributed by atoms with Gasteiger partial charge in [0.2, 0.25) is 0 Å². The van der Waals surface area contributed by atoms with Gasteiger partial charge in [-0.15, -0.1) is 0 Å². The number of hydrogen-bond acceptors (Lipinski definition) is 1. The largest absolute Gasteiger partial charge is 0.310 e. The Hall–Kier alpha value is -4.10. The molecule has 9 rings (SSSR count). The molecule has 1 heteroatoms. The van der Waals surface area contributed by atoms with Crippen LogP contribution in [0, 0.1) is 23.7 Å². The van der Waals surface area contributed by atoms with Crippen molar-refractivity contribution in [3.05, 3.63) is 139 Å². The monoisotopic (exact) mass is 531 g/mol. The molecule has 4 aliphatic rings. The maximum atomic E-state index is 2.52. The van der Waals surface area contributed by atoms with Gasteiger partial charge in [-0.3, -0.25) is 0 Å². The Morgan fingerprint density at radius 1 is 0.390 bits per heavy atom. The van der Waals surface area contributed by atoms with Gasteiger partial charge in [-0.05, 0) is 120 Å². The van der Waals surface area contributed by atoms with Gasteiger partial charge in [-0.1, -0.05) is 103 Å². The van der Waals surface area contributed by atoms with E-state index in [9.17, 15) is 0 Å². The highest BCUT2D eigenvalue weighted by Gasteiger charge is 2.49. The first-order chi connectivity index (χ1) is 20.3. The van der Waals surface area contributed by atoms with Crippen LogP contribution in [0.5, 0.6) is 0 Å². The van der Waals surface area contributed by atoms with Crippen LogP contribution in [-0.2, 0) is 0 Å². The molecule has 0 atom stereocenters. The van der Waals surface area contributed by atoms with E-state index in [1.165, 1.54) is 71.4 Å². The minimum Gasteiger partial charge on any atom is -0.310 e. The van der Waals surface area contributed by atoms with E-state index < -0.39 is 0 Å². The molecule has 0 N–H and O–H groups in total. The van der Waals surface area contributed by atoms with Gasteiger partial charge in [0.05, 0.1) is 0 Å². The first kappa shape index (κ1) is 24.7. The lowest BCUT2D eigenvalue weighted by Gasteiger charge is -2.55. The first-order valence-corrected chi connectivity index (χ1v) is 15.5. The van der Waals surface area contributed by atoms with Gasteiger partial charge in [0.15, 0.2) is 0 Å². The van der Waals surface area contributed by atoms with E-state index in [0.717, 1.165) is 23.7 Å². The lowest BCUT2D eigenvalue weighted by atomic mass is 9.50. The third kappa shape index (κ3) is 4.58. The predicted molar refractivity (Wildman–Crippen MR) is 172 cm³/mol. The Labute approximate surface area is 244 Å². The molecule has 4 bridgehead atoms. The second-order valence-electron chi connectivity index (χ2n) is 12.7. The molecular weight excluding hydrogens is 494 g/mol. The van der Waals surface area contributed by atoms with E-state index in [2.05, 4.69) is 138 Å². The van der Waals surface area contributed by atoms with Crippen LogP contribution < -0.4 is 4.90 Å². The summed E-state index contributed by atoms with van der Waals surface area (Å²) in [7, 11) is 0. The van der Waals surface area contributed by atoms with Crippen molar-refractivity contribution in [3.63, 3.8) is 0 Å². The zero-order chi connectivity index (χ0) is 27.2. The van der Waals surface area contributed by atoms with Crippen LogP contribution in [0.1, 0.15) is 43.6 Å². The Morgan fingerprint density at radius 3 is 1.29 bits per heavy atom. The quantitative estimate of drug-likeness (QED) is 0.211. The fraction of sp³-hybridized carbons (Fsp3) is 0.250. The maximum Gasteiger partial charge on any atom is 0.0496 e. The minimum absolute atomic E-state index is 0.675. The van der Waals surface area contributed by atoms with E-state index in [-0.39, 0.29) is 0 Å². The highest BCUT2D eigenvalue weighted by molar-refractivity contribution is 5.81. The van der Waals surface area contributed by atoms with Crippen LogP contribution in [0.25, 0.3) is 22.3 Å². The van der Waals surface area contributed by atoms with Gasteiger partial charge >= 0.3 is 0 Å². The third-order valence-electron chi connectivity index (χ3n) is 10.2. The zero-order valence-electron chi connectivity index (χ0n) is 23.6. The predicted octanol–water partition coefficient (Wildman–Crippen LogP) is 11.0. The lowest BCUT2D eigenvalue weighted by molar-refractivity contribution is -0.00259. The molecular formula is C40H37N. The average molecular weight is 532 g/mol. The van der Waals surface area contributed by atoms with Crippen molar-refractivity contribution in [2.45, 2.75) is 38.0 Å². The van der Waals surface area contributed by atoms with Crippen LogP contribution in [0.15, 0.2) is 133 Å². The Bertz CT molecular complexity index is 1510. The van der Waals surface area contributed by atoms with Crippen molar-refractivity contribution in [2.75, 3.05) is 4.90 Å². The van der Waals surface area contributed by atoms with E-state index >= 15 is 0 Å². The SMILES string of the molecule is c1ccc(-c2ccc(N(c3ccc(-c4ccccc4)cc3)c3ccccc3C3C4CC5CC(C4)CC3C5)cc2)cc1. The summed E-state index contributed by atoms with van der Waals surface area (Å²) in [4.78, 5) is 2.52. The molecule has 0 unspecified atom stereocenters. The number of rotatable bonds is 6. The normalized spacial score (nSPS) is 24.3. The Kier molecular flexibility index (Phi) is 6.25. The van der Waals surface area contributed by atoms with Crippen molar-refractivity contribution in [2.24, 2.45) is 23.7 Å². The van der Waals surface area contributed by atoms with Crippen molar-refractivity contribution in [1.82, 2.24) is 0 Å². The maximum absolute atomic E-state index is 2.52. The summed E-state index contributed by atoms with van der Waals surface area (Å²) in [6.07, 6.45) is 7.23. The Morgan fingerprint density at radius 2 is 0.805 bits per heavy atom. The summed E-state index contributed by atoms with van der Waals surface area (Å²) in [6, 6.07) is 49.1. The van der Waals surface area contributed by atoms with Crippen molar-refractivity contribution < 1.29 is 0 Å². The molecule has 5 aromatic carbocycles. The summed E-state index contributed by atoms with van der Waals surface area (Å²) in [5.41, 5.74) is 10.4. The highest BCUT2D eigenvalue weighted by atomic mass is 15.1. The van der Waals surface area contributed by atoms with Crippen molar-refractivity contribution >= 4 is 17.1 Å². The van der Waals surface area contributed by atoms with Crippen molar-refractivity contribution in [3.8, 4) is 22.3 Å². The minimum atomic E-state index is 0.675. The van der Waals surface area contributed by atoms with Gasteiger partial charge < -0.3 is 4.90 Å². The number of benzene rings is 5. The van der Waals surface area contributed by atoms with E-state index in [4.69, 9.17) is 0 Å². The van der Waals surface area contributed by atoms with Gasteiger partial charge in [-0.2, -0.15) is 0 Å². The molecule has 41 heavy (non-hydrogen) atoms. The van der Waals surface area contributed by atoms with Crippen LogP contribution >= 0.6 is 0 Å². The second kappa shape index (κ2) is 10.4. The highest BCUT2D eigenvalue weighted by Crippen LogP contribution is 2.61. The molecule has 202 valence electrons. The molecule has 4 aliphatic carbocycles. The molecule has 4 saturated carbocycles. The summed E-state index contributed by atoms with van der Waals surface area (Å²) < 4.78 is 0. The average Bonchev–Trinajstić information content (AvgIpc) is 3.03. The summed E-state index contributed by atoms with van der Waals surface area (Å²) >= 11 is 0. The van der Waals surface area contributed by atoms with Crippen LogP contribution in [0.4, 0.5) is 17.1 Å². The molecule has 4 fully saturated rings. The lowest BCUT2D eigenvalue weighted by Crippen LogP contribution is -2.44. The van der Waals surface area contributed by atoms with Crippen LogP contribution in [-0.4, -0.2) is 0 Å². The van der Waals surface area contributed by atoms with Gasteiger partial charge in [0.25, 0.3) is 0 Å². The fourth-order valence-electron chi connectivity index (χ4n) is 8.70. The first-order valence-electron chi connectivity index (χ1n) is 15.5. The standard InChI is InChI=1S/C40H37N/c1-3-9-30(10-4-1)32-15-19-36(20-16-32)41(37-21-17-33(18-22-37)31-11-5-2-6-12-31)39-14-8-7-13-38(39)40-34-24-28-23-29(26-34)27-35(40)25-28/h1-22,28-29,34-35,40H,23-27H2. The smallest absolute Gasteiger partial charge is 0.0496 e. The fourth-order valence-corrected chi connectivity index (χ4v) is 8.70. The van der Waals surface area contributed by atoms with E-state index in [1.54, 1.807) is 5.56 Å². The molecule has 0 amide bonds. The molecule has 5 aromatic rings. The van der Waals surface area contributed by atoms with E-state index in [1.807, 2.05) is 0 Å². The van der Waals surface area contributed by atoms with Gasteiger partial charge in [0.1, 0.15) is 0 Å². The topological polar surface area (TPSA) is 3.24 Å². The van der Waals surface area contributed by atoms with Gasteiger partial charge in [0, 0.05) is 17.1 Å². The number of para-hydroxylation sites is 1. The zero-order valence-corrected chi connectivity index (χ0v) is 23.6. The second-order valence-corrected chi connectivity index (χ2v) is 12.7. The molecule has 0 aromatic heterocycles. The molecule has 0 aliphatic heterocycles. The van der Waals surface area contributed by atoms with Gasteiger partial charge in [-0.25, -0.2) is 0 Å². The third-order valence-corrected chi connectivity index (χ3v) is 10.2. The molecule has 0 radical (unpaired) electrons. The molecule has 0 spiro atoms. The van der Waals surface area contributed by atoms with E-state index in [0.29, 0.717) is 5.92 Å². The summed E-state index contributed by atoms with van der Waals surface area (Å²) in [6.45, 7) is 0. The summed E-state index contributed by atoms with van der Waals surface area (Å²) in [5.74, 6) is 4.32. The number of hydrogen-bond donors (Lipinski definition) is 0.